The van der Waals surface area contributed by atoms with E-state index in [0.29, 0.717) is 40.2 Å². The lowest BCUT2D eigenvalue weighted by Crippen LogP contribution is -2.26. The molecule has 0 aromatic carbocycles. The van der Waals surface area contributed by atoms with Crippen LogP contribution in [0.2, 0.25) is 5.02 Å². The lowest BCUT2D eigenvalue weighted by Gasteiger charge is -2.16. The van der Waals surface area contributed by atoms with E-state index >= 15 is 0 Å². The molecule has 4 rings (SSSR count). The highest BCUT2D eigenvalue weighted by Gasteiger charge is 2.21. The summed E-state index contributed by atoms with van der Waals surface area (Å²) >= 11 is 6.31. The first-order chi connectivity index (χ1) is 17.1. The molecule has 0 fully saturated rings. The number of hydrogen-bond donors (Lipinski definition) is 1. The third-order valence-electron chi connectivity index (χ3n) is 5.39. The van der Waals surface area contributed by atoms with Gasteiger partial charge in [0.05, 0.1) is 28.8 Å². The number of carbonyl (C=O) groups is 1. The Kier molecular flexibility index (Phi) is 6.89. The van der Waals surface area contributed by atoms with Gasteiger partial charge in [0.1, 0.15) is 16.7 Å². The van der Waals surface area contributed by atoms with Gasteiger partial charge in [-0.2, -0.15) is 0 Å². The molecule has 0 saturated heterocycles. The fourth-order valence-corrected chi connectivity index (χ4v) is 3.77. The molecule has 0 atom stereocenters. The molecule has 0 aliphatic heterocycles. The van der Waals surface area contributed by atoms with Gasteiger partial charge in [0.2, 0.25) is 0 Å². The van der Waals surface area contributed by atoms with Gasteiger partial charge in [-0.25, -0.2) is 23.7 Å². The van der Waals surface area contributed by atoms with Crippen LogP contribution in [0, 0.1) is 25.5 Å². The molecule has 11 heteroatoms. The molecule has 4 aromatic rings. The zero-order valence-corrected chi connectivity index (χ0v) is 20.6. The van der Waals surface area contributed by atoms with Gasteiger partial charge < -0.3 is 5.32 Å². The fraction of sp³-hybridized carbons (Fsp3) is 0.200. The van der Waals surface area contributed by atoms with E-state index in [1.165, 1.54) is 10.6 Å². The van der Waals surface area contributed by atoms with E-state index in [4.69, 9.17) is 11.6 Å². The van der Waals surface area contributed by atoms with Crippen molar-refractivity contribution in [2.45, 2.75) is 33.6 Å². The van der Waals surface area contributed by atoms with Crippen molar-refractivity contribution in [1.82, 2.24) is 24.5 Å². The van der Waals surface area contributed by atoms with E-state index in [1.807, 2.05) is 13.8 Å². The van der Waals surface area contributed by atoms with Gasteiger partial charge in [-0.15, -0.1) is 0 Å². The number of anilines is 1. The van der Waals surface area contributed by atoms with E-state index in [-0.39, 0.29) is 16.5 Å². The molecule has 0 spiro atoms. The van der Waals surface area contributed by atoms with Crippen molar-refractivity contribution in [1.29, 1.82) is 0 Å². The van der Waals surface area contributed by atoms with Crippen LogP contribution in [-0.4, -0.2) is 30.4 Å². The van der Waals surface area contributed by atoms with Crippen molar-refractivity contribution in [2.24, 2.45) is 0 Å². The second-order valence-corrected chi connectivity index (χ2v) is 8.78. The number of nitrogens with one attached hydrogen (secondary N) is 1. The van der Waals surface area contributed by atoms with E-state index in [1.54, 1.807) is 38.4 Å². The van der Waals surface area contributed by atoms with Crippen LogP contribution in [0.1, 0.15) is 47.2 Å². The molecule has 0 aliphatic carbocycles. The molecule has 0 radical (unpaired) electrons. The first-order valence-electron chi connectivity index (χ1n) is 10.9. The normalized spacial score (nSPS) is 11.1. The summed E-state index contributed by atoms with van der Waals surface area (Å²) in [5.41, 5.74) is 1.89. The molecular formula is C25H21ClF2N6O2. The number of carbonyl (C=O) groups excluding carboxylic acids is 1. The van der Waals surface area contributed by atoms with Gasteiger partial charge in [0.25, 0.3) is 11.5 Å². The number of aryl methyl sites for hydroxylation is 2. The van der Waals surface area contributed by atoms with Crippen molar-refractivity contribution in [3.63, 3.8) is 0 Å². The zero-order valence-electron chi connectivity index (χ0n) is 19.8. The number of nitrogens with zero attached hydrogens (tertiary/aromatic N) is 5. The zero-order chi connectivity index (χ0) is 26.1. The van der Waals surface area contributed by atoms with Crippen LogP contribution in [-0.2, 0) is 0 Å². The number of hydrogen-bond acceptors (Lipinski definition) is 6. The topological polar surface area (TPSA) is 103 Å². The maximum absolute atomic E-state index is 13.9. The summed E-state index contributed by atoms with van der Waals surface area (Å²) in [6.45, 7) is 7.38. The maximum atomic E-state index is 13.9. The molecule has 8 nitrogen and oxygen atoms in total. The molecule has 184 valence electrons. The molecule has 0 bridgehead atoms. The summed E-state index contributed by atoms with van der Waals surface area (Å²) in [6.07, 6.45) is 4.03. The summed E-state index contributed by atoms with van der Waals surface area (Å²) in [5.74, 6) is -2.52. The molecule has 36 heavy (non-hydrogen) atoms. The van der Waals surface area contributed by atoms with Gasteiger partial charge in [-0.3, -0.25) is 19.1 Å². The monoisotopic (exact) mass is 510 g/mol. The van der Waals surface area contributed by atoms with Gasteiger partial charge in [0.15, 0.2) is 11.6 Å². The van der Waals surface area contributed by atoms with Crippen LogP contribution in [0.3, 0.4) is 0 Å². The number of halogens is 3. The lowest BCUT2D eigenvalue weighted by atomic mass is 10.1. The smallest absolute Gasteiger partial charge is 0.274 e. The van der Waals surface area contributed by atoms with Crippen molar-refractivity contribution in [2.75, 3.05) is 5.32 Å². The molecule has 1 amide bonds. The third kappa shape index (κ3) is 4.85. The largest absolute Gasteiger partial charge is 0.304 e. The Labute approximate surface area is 210 Å². The van der Waals surface area contributed by atoms with Crippen LogP contribution in [0.4, 0.5) is 14.6 Å². The molecule has 4 heterocycles. The average Bonchev–Trinajstić information content (AvgIpc) is 2.84. The number of pyridine rings is 3. The minimum absolute atomic E-state index is 0.121. The van der Waals surface area contributed by atoms with Crippen LogP contribution in [0.5, 0.6) is 0 Å². The summed E-state index contributed by atoms with van der Waals surface area (Å²) in [5, 5.41) is 1.84. The summed E-state index contributed by atoms with van der Waals surface area (Å²) < 4.78 is 28.4. The highest BCUT2D eigenvalue weighted by Crippen LogP contribution is 2.24. The van der Waals surface area contributed by atoms with Crippen molar-refractivity contribution >= 4 is 23.3 Å². The van der Waals surface area contributed by atoms with Crippen molar-refractivity contribution < 1.29 is 13.6 Å². The van der Waals surface area contributed by atoms with Crippen LogP contribution < -0.4 is 10.9 Å². The molecule has 4 aromatic heterocycles. The molecule has 1 N–H and O–H groups in total. The van der Waals surface area contributed by atoms with E-state index in [2.05, 4.69) is 25.3 Å². The molecule has 0 saturated carbocycles. The van der Waals surface area contributed by atoms with Gasteiger partial charge in [0, 0.05) is 30.1 Å². The Morgan fingerprint density at radius 2 is 1.81 bits per heavy atom. The Hall–Kier alpha value is -4.05. The molecular weight excluding hydrogens is 490 g/mol. The van der Waals surface area contributed by atoms with Crippen LogP contribution in [0.25, 0.3) is 17.1 Å². The standard InChI is InChI=1S/C25H21ClF2N6O2/c1-12(2)22-29-6-5-18(32-22)19-9-20(13(3)10-30-19)34-14(4)7-16(21(26)25(34)36)24(35)33-23-17(28)8-15(27)11-31-23/h5-12H,1-4H3,(H,31,33,35). The van der Waals surface area contributed by atoms with E-state index in [9.17, 15) is 18.4 Å². The Bertz CT molecular complexity index is 1550. The first-order valence-corrected chi connectivity index (χ1v) is 11.3. The lowest BCUT2D eigenvalue weighted by molar-refractivity contribution is 0.102. The van der Waals surface area contributed by atoms with Gasteiger partial charge in [-0.05, 0) is 37.6 Å². The summed E-state index contributed by atoms with van der Waals surface area (Å²) in [6, 6.07) is 5.43. The predicted octanol–water partition coefficient (Wildman–Crippen LogP) is 5.01. The number of rotatable bonds is 5. The third-order valence-corrected chi connectivity index (χ3v) is 5.75. The van der Waals surface area contributed by atoms with Gasteiger partial charge >= 0.3 is 0 Å². The fourth-order valence-electron chi connectivity index (χ4n) is 3.55. The van der Waals surface area contributed by atoms with Crippen LogP contribution >= 0.6 is 11.6 Å². The van der Waals surface area contributed by atoms with E-state index < -0.39 is 28.9 Å². The predicted molar refractivity (Wildman–Crippen MR) is 132 cm³/mol. The highest BCUT2D eigenvalue weighted by atomic mass is 35.5. The molecule has 0 unspecified atom stereocenters. The maximum Gasteiger partial charge on any atom is 0.274 e. The SMILES string of the molecule is Cc1cnc(-c2ccnc(C(C)C)n2)cc1-n1c(C)cc(C(=O)Nc2ncc(F)cc2F)c(Cl)c1=O. The Balaban J connectivity index is 1.76. The number of aromatic nitrogens is 5. The van der Waals surface area contributed by atoms with E-state index in [0.717, 1.165) is 6.20 Å². The average molecular weight is 511 g/mol. The summed E-state index contributed by atoms with van der Waals surface area (Å²) in [4.78, 5) is 42.8. The van der Waals surface area contributed by atoms with Crippen molar-refractivity contribution in [3.05, 3.63) is 92.5 Å². The first kappa shape index (κ1) is 25.1. The van der Waals surface area contributed by atoms with Gasteiger partial charge in [-0.1, -0.05) is 25.4 Å². The minimum Gasteiger partial charge on any atom is -0.304 e. The van der Waals surface area contributed by atoms with Crippen LogP contribution in [0.15, 0.2) is 47.7 Å². The quantitative estimate of drug-likeness (QED) is 0.405. The summed E-state index contributed by atoms with van der Waals surface area (Å²) in [7, 11) is 0. The Morgan fingerprint density at radius 1 is 1.06 bits per heavy atom. The Morgan fingerprint density at radius 3 is 2.50 bits per heavy atom. The number of amides is 1. The van der Waals surface area contributed by atoms with Crippen molar-refractivity contribution in [3.8, 4) is 17.1 Å². The second kappa shape index (κ2) is 9.90. The second-order valence-electron chi connectivity index (χ2n) is 8.40. The minimum atomic E-state index is -1.06. The molecule has 0 aliphatic rings. The highest BCUT2D eigenvalue weighted by molar-refractivity contribution is 6.34.